The molecule has 226 valence electrons. The van der Waals surface area contributed by atoms with Crippen LogP contribution >= 0.6 is 0 Å². The highest BCUT2D eigenvalue weighted by Gasteiger charge is 2.43. The highest BCUT2D eigenvalue weighted by Crippen LogP contribution is 2.36. The van der Waals surface area contributed by atoms with E-state index < -0.39 is 23.0 Å². The number of aliphatic carboxylic acids is 1. The van der Waals surface area contributed by atoms with E-state index in [-0.39, 0.29) is 11.8 Å². The molecule has 2 amide bonds. The number of hydrogen-bond donors (Lipinski definition) is 2. The second kappa shape index (κ2) is 13.8. The number of benzene rings is 3. The Balaban J connectivity index is 1.53. The number of likely N-dealkylation sites (N-methyl/N-ethyl adjacent to an activating group) is 1. The quantitative estimate of drug-likeness (QED) is 0.298. The van der Waals surface area contributed by atoms with Gasteiger partial charge in [-0.2, -0.15) is 0 Å². The van der Waals surface area contributed by atoms with Crippen LogP contribution in [0.2, 0.25) is 0 Å². The molecule has 1 heterocycles. The molecule has 1 saturated heterocycles. The Morgan fingerprint density at radius 1 is 0.907 bits per heavy atom. The number of nitrogens with zero attached hydrogens (tertiary/aromatic N) is 2. The lowest BCUT2D eigenvalue weighted by Gasteiger charge is -2.41. The smallest absolute Gasteiger partial charge is 0.310 e. The van der Waals surface area contributed by atoms with Gasteiger partial charge in [-0.25, -0.2) is 0 Å². The van der Waals surface area contributed by atoms with Crippen LogP contribution in [-0.2, 0) is 27.2 Å². The SMILES string of the molecule is CN(C(=O)/C=C/CC(C)(C)N)[C@H](Cc1ccc(-c2ccccc2)cc1)C(=O)N1CCC(Cc2ccccc2)(C(=O)O)CC1. The van der Waals surface area contributed by atoms with Gasteiger partial charge in [0.1, 0.15) is 6.04 Å². The first-order chi connectivity index (χ1) is 20.5. The van der Waals surface area contributed by atoms with Crippen molar-refractivity contribution in [3.63, 3.8) is 0 Å². The third-order valence-corrected chi connectivity index (χ3v) is 8.37. The number of carboxylic acids is 1. The second-order valence-corrected chi connectivity index (χ2v) is 12.4. The molecule has 3 N–H and O–H groups in total. The van der Waals surface area contributed by atoms with E-state index in [9.17, 15) is 19.5 Å². The van der Waals surface area contributed by atoms with E-state index >= 15 is 0 Å². The number of amides is 2. The molecule has 0 aromatic heterocycles. The highest BCUT2D eigenvalue weighted by atomic mass is 16.4. The number of likely N-dealkylation sites (tertiary alicyclic amines) is 1. The lowest BCUT2D eigenvalue weighted by atomic mass is 9.73. The maximum absolute atomic E-state index is 14.0. The predicted octanol–water partition coefficient (Wildman–Crippen LogP) is 5.34. The molecule has 1 fully saturated rings. The molecule has 0 unspecified atom stereocenters. The monoisotopic (exact) mass is 581 g/mol. The Bertz CT molecular complexity index is 1400. The van der Waals surface area contributed by atoms with Gasteiger partial charge in [-0.15, -0.1) is 0 Å². The minimum Gasteiger partial charge on any atom is -0.481 e. The Hall–Kier alpha value is -4.23. The van der Waals surface area contributed by atoms with Crippen molar-refractivity contribution < 1.29 is 19.5 Å². The van der Waals surface area contributed by atoms with Gasteiger partial charge in [0.15, 0.2) is 0 Å². The molecule has 3 aromatic rings. The van der Waals surface area contributed by atoms with Crippen molar-refractivity contribution in [2.75, 3.05) is 20.1 Å². The topological polar surface area (TPSA) is 104 Å². The van der Waals surface area contributed by atoms with Crippen molar-refractivity contribution in [2.24, 2.45) is 11.1 Å². The van der Waals surface area contributed by atoms with E-state index in [0.717, 1.165) is 22.3 Å². The number of hydrogen-bond acceptors (Lipinski definition) is 4. The first kappa shape index (κ1) is 31.7. The number of rotatable bonds is 11. The van der Waals surface area contributed by atoms with Crippen LogP contribution in [0, 0.1) is 5.41 Å². The van der Waals surface area contributed by atoms with Gasteiger partial charge in [-0.05, 0) is 67.9 Å². The Kier molecular flexibility index (Phi) is 10.2. The van der Waals surface area contributed by atoms with Crippen molar-refractivity contribution in [2.45, 2.75) is 57.5 Å². The van der Waals surface area contributed by atoms with E-state index in [4.69, 9.17) is 5.73 Å². The molecule has 7 heteroatoms. The molecule has 0 radical (unpaired) electrons. The summed E-state index contributed by atoms with van der Waals surface area (Å²) in [6.45, 7) is 4.42. The van der Waals surface area contributed by atoms with Crippen molar-refractivity contribution in [1.82, 2.24) is 9.80 Å². The Labute approximate surface area is 255 Å². The lowest BCUT2D eigenvalue weighted by molar-refractivity contribution is -0.155. The summed E-state index contributed by atoms with van der Waals surface area (Å²) < 4.78 is 0. The van der Waals surface area contributed by atoms with E-state index in [1.165, 1.54) is 11.0 Å². The first-order valence-corrected chi connectivity index (χ1v) is 14.9. The lowest BCUT2D eigenvalue weighted by Crippen LogP contribution is -2.54. The Morgan fingerprint density at radius 2 is 1.47 bits per heavy atom. The van der Waals surface area contributed by atoms with Crippen LogP contribution < -0.4 is 5.73 Å². The van der Waals surface area contributed by atoms with E-state index in [0.29, 0.717) is 45.2 Å². The van der Waals surface area contributed by atoms with Gasteiger partial charge in [-0.1, -0.05) is 91.0 Å². The Morgan fingerprint density at radius 3 is 2.02 bits per heavy atom. The fraction of sp³-hybridized carbons (Fsp3) is 0.361. The largest absolute Gasteiger partial charge is 0.481 e. The highest BCUT2D eigenvalue weighted by molar-refractivity contribution is 5.93. The molecule has 4 rings (SSSR count). The summed E-state index contributed by atoms with van der Waals surface area (Å²) in [6.07, 6.45) is 5.23. The number of nitrogens with two attached hydrogens (primary N) is 1. The second-order valence-electron chi connectivity index (χ2n) is 12.4. The van der Waals surface area contributed by atoms with Crippen LogP contribution in [0.3, 0.4) is 0 Å². The molecule has 0 aliphatic carbocycles. The zero-order chi connectivity index (χ0) is 31.0. The van der Waals surface area contributed by atoms with Crippen molar-refractivity contribution in [3.8, 4) is 11.1 Å². The first-order valence-electron chi connectivity index (χ1n) is 14.9. The predicted molar refractivity (Wildman–Crippen MR) is 170 cm³/mol. The van der Waals surface area contributed by atoms with Gasteiger partial charge < -0.3 is 20.6 Å². The fourth-order valence-electron chi connectivity index (χ4n) is 5.63. The zero-order valence-corrected chi connectivity index (χ0v) is 25.4. The summed E-state index contributed by atoms with van der Waals surface area (Å²) in [4.78, 5) is 43.0. The van der Waals surface area contributed by atoms with Crippen LogP contribution in [0.4, 0.5) is 0 Å². The molecule has 1 aliphatic heterocycles. The molecule has 43 heavy (non-hydrogen) atoms. The van der Waals surface area contributed by atoms with E-state index in [1.54, 1.807) is 18.0 Å². The molecule has 0 spiro atoms. The number of piperidine rings is 1. The van der Waals surface area contributed by atoms with Crippen LogP contribution in [0.25, 0.3) is 11.1 Å². The summed E-state index contributed by atoms with van der Waals surface area (Å²) >= 11 is 0. The van der Waals surface area contributed by atoms with E-state index in [1.807, 2.05) is 98.8 Å². The average Bonchev–Trinajstić information content (AvgIpc) is 3.00. The van der Waals surface area contributed by atoms with Gasteiger partial charge in [0.2, 0.25) is 11.8 Å². The number of carbonyl (C=O) groups is 3. The number of carbonyl (C=O) groups excluding carboxylic acids is 2. The molecule has 0 bridgehead atoms. The summed E-state index contributed by atoms with van der Waals surface area (Å²) in [5, 5.41) is 10.2. The zero-order valence-electron chi connectivity index (χ0n) is 25.4. The van der Waals surface area contributed by atoms with Crippen LogP contribution in [0.5, 0.6) is 0 Å². The van der Waals surface area contributed by atoms with Gasteiger partial charge >= 0.3 is 5.97 Å². The van der Waals surface area contributed by atoms with Gasteiger partial charge in [0, 0.05) is 32.1 Å². The molecular formula is C36H43N3O4. The third kappa shape index (κ3) is 8.42. The third-order valence-electron chi connectivity index (χ3n) is 8.37. The number of carboxylic acid groups (broad SMARTS) is 1. The molecule has 1 aliphatic rings. The van der Waals surface area contributed by atoms with Crippen LogP contribution in [0.1, 0.15) is 44.2 Å². The van der Waals surface area contributed by atoms with Crippen molar-refractivity contribution in [1.29, 1.82) is 0 Å². The molecular weight excluding hydrogens is 538 g/mol. The van der Waals surface area contributed by atoms with Gasteiger partial charge in [0.05, 0.1) is 5.41 Å². The van der Waals surface area contributed by atoms with Crippen molar-refractivity contribution in [3.05, 3.63) is 108 Å². The van der Waals surface area contributed by atoms with Crippen LogP contribution in [-0.4, -0.2) is 64.4 Å². The minimum absolute atomic E-state index is 0.172. The average molecular weight is 582 g/mol. The molecule has 3 aromatic carbocycles. The maximum atomic E-state index is 14.0. The summed E-state index contributed by atoms with van der Waals surface area (Å²) in [6, 6.07) is 27.0. The summed E-state index contributed by atoms with van der Waals surface area (Å²) in [5.74, 6) is -1.28. The fourth-order valence-corrected chi connectivity index (χ4v) is 5.63. The maximum Gasteiger partial charge on any atom is 0.310 e. The van der Waals surface area contributed by atoms with Crippen molar-refractivity contribution >= 4 is 17.8 Å². The summed E-state index contributed by atoms with van der Waals surface area (Å²) in [5.41, 5.74) is 8.78. The van der Waals surface area contributed by atoms with Crippen LogP contribution in [0.15, 0.2) is 97.1 Å². The molecule has 1 atom stereocenters. The van der Waals surface area contributed by atoms with Gasteiger partial charge in [-0.3, -0.25) is 14.4 Å². The van der Waals surface area contributed by atoms with Gasteiger partial charge in [0.25, 0.3) is 0 Å². The summed E-state index contributed by atoms with van der Waals surface area (Å²) in [7, 11) is 1.65. The minimum atomic E-state index is -0.930. The standard InChI is InChI=1S/C36H43N3O4/c1-35(2,37)20-10-15-32(40)38(3)31(25-27-16-18-30(19-17-27)29-13-8-5-9-14-29)33(41)39-23-21-36(22-24-39,34(42)43)26-28-11-6-4-7-12-28/h4-19,31H,20-26,37H2,1-3H3,(H,42,43)/b15-10+/t31-/m1/s1. The normalized spacial score (nSPS) is 15.7. The molecule has 7 nitrogen and oxygen atoms in total. The van der Waals surface area contributed by atoms with E-state index in [2.05, 4.69) is 0 Å². The molecule has 0 saturated carbocycles.